The molecule has 17 heavy (non-hydrogen) atoms. The molecule has 3 rings (SSSR count). The van der Waals surface area contributed by atoms with Gasteiger partial charge in [-0.25, -0.2) is 4.98 Å². The molecule has 0 bridgehead atoms. The van der Waals surface area contributed by atoms with Crippen LogP contribution >= 0.6 is 0 Å². The second-order valence-corrected chi connectivity index (χ2v) is 4.62. The normalized spacial score (nSPS) is 19.3. The topological polar surface area (TPSA) is 55.9 Å². The van der Waals surface area contributed by atoms with Gasteiger partial charge in [-0.3, -0.25) is 4.68 Å². The highest BCUT2D eigenvalue weighted by molar-refractivity contribution is 5.29. The fraction of sp³-hybridized carbons (Fsp3) is 0.500. The van der Waals surface area contributed by atoms with E-state index in [1.807, 2.05) is 13.2 Å². The molecule has 2 aromatic heterocycles. The molecule has 2 heterocycles. The van der Waals surface area contributed by atoms with Crippen LogP contribution in [0.1, 0.15) is 35.9 Å². The van der Waals surface area contributed by atoms with Crippen LogP contribution < -0.4 is 0 Å². The minimum absolute atomic E-state index is 0.292. The molecule has 1 aliphatic carbocycles. The summed E-state index contributed by atoms with van der Waals surface area (Å²) >= 11 is 0. The van der Waals surface area contributed by atoms with Gasteiger partial charge in [-0.1, -0.05) is 0 Å². The third kappa shape index (κ3) is 1.86. The maximum atomic E-state index is 9.91. The Labute approximate surface area is 99.7 Å². The SMILES string of the molecule is Cn1ncnc1Cn1cc2c(c1)C(O)CCC2. The van der Waals surface area contributed by atoms with E-state index >= 15 is 0 Å². The largest absolute Gasteiger partial charge is 0.388 e. The van der Waals surface area contributed by atoms with Crippen LogP contribution in [0.25, 0.3) is 0 Å². The lowest BCUT2D eigenvalue weighted by Gasteiger charge is -2.16. The molecule has 0 aromatic carbocycles. The van der Waals surface area contributed by atoms with E-state index in [0.717, 1.165) is 30.7 Å². The smallest absolute Gasteiger partial charge is 0.146 e. The number of aliphatic hydroxyl groups excluding tert-OH is 1. The van der Waals surface area contributed by atoms with Gasteiger partial charge < -0.3 is 9.67 Å². The van der Waals surface area contributed by atoms with Crippen molar-refractivity contribution in [2.45, 2.75) is 31.9 Å². The summed E-state index contributed by atoms with van der Waals surface area (Å²) in [6.07, 6.45) is 8.44. The Morgan fingerprint density at radius 3 is 3.06 bits per heavy atom. The lowest BCUT2D eigenvalue weighted by molar-refractivity contribution is 0.157. The standard InChI is InChI=1S/C12H16N4O/c1-15-12(13-8-14-15)7-16-5-9-3-2-4-11(17)10(9)6-16/h5-6,8,11,17H,2-4,7H2,1H3. The predicted octanol–water partition coefficient (Wildman–Crippen LogP) is 1.03. The molecule has 1 unspecified atom stereocenters. The van der Waals surface area contributed by atoms with Gasteiger partial charge in [0.2, 0.25) is 0 Å². The number of hydrogen-bond acceptors (Lipinski definition) is 3. The molecule has 0 amide bonds. The van der Waals surface area contributed by atoms with Crippen molar-refractivity contribution >= 4 is 0 Å². The first-order chi connectivity index (χ1) is 8.24. The lowest BCUT2D eigenvalue weighted by Crippen LogP contribution is -2.06. The summed E-state index contributed by atoms with van der Waals surface area (Å²) in [6, 6.07) is 0. The van der Waals surface area contributed by atoms with Crippen molar-refractivity contribution in [2.75, 3.05) is 0 Å². The average molecular weight is 232 g/mol. The number of aliphatic hydroxyl groups is 1. The number of aryl methyl sites for hydroxylation is 2. The van der Waals surface area contributed by atoms with Crippen LogP contribution in [0.15, 0.2) is 18.7 Å². The molecule has 0 spiro atoms. The summed E-state index contributed by atoms with van der Waals surface area (Å²) in [5.41, 5.74) is 2.35. The summed E-state index contributed by atoms with van der Waals surface area (Å²) < 4.78 is 3.86. The van der Waals surface area contributed by atoms with Gasteiger partial charge in [-0.2, -0.15) is 5.10 Å². The molecule has 5 nitrogen and oxygen atoms in total. The van der Waals surface area contributed by atoms with E-state index in [1.165, 1.54) is 5.56 Å². The van der Waals surface area contributed by atoms with Gasteiger partial charge in [-0.15, -0.1) is 0 Å². The highest BCUT2D eigenvalue weighted by Crippen LogP contribution is 2.30. The second kappa shape index (κ2) is 4.00. The molecule has 0 radical (unpaired) electrons. The van der Waals surface area contributed by atoms with E-state index in [9.17, 15) is 5.11 Å². The third-order valence-electron chi connectivity index (χ3n) is 3.41. The lowest BCUT2D eigenvalue weighted by atomic mass is 9.93. The fourth-order valence-corrected chi connectivity index (χ4v) is 2.44. The Hall–Kier alpha value is -1.62. The number of nitrogens with zero attached hydrogens (tertiary/aromatic N) is 4. The van der Waals surface area contributed by atoms with Gasteiger partial charge in [0.25, 0.3) is 0 Å². The zero-order valence-corrected chi connectivity index (χ0v) is 9.87. The van der Waals surface area contributed by atoms with Crippen LogP contribution in [0, 0.1) is 0 Å². The summed E-state index contributed by atoms with van der Waals surface area (Å²) in [6.45, 7) is 0.705. The van der Waals surface area contributed by atoms with Crippen LogP contribution in [-0.2, 0) is 20.0 Å². The molecular formula is C12H16N4O. The zero-order chi connectivity index (χ0) is 11.8. The first kappa shape index (κ1) is 10.5. The van der Waals surface area contributed by atoms with E-state index in [4.69, 9.17) is 0 Å². The Balaban J connectivity index is 1.88. The minimum Gasteiger partial charge on any atom is -0.388 e. The first-order valence-electron chi connectivity index (χ1n) is 5.93. The molecule has 5 heteroatoms. The Bertz CT molecular complexity index is 528. The average Bonchev–Trinajstić information content (AvgIpc) is 2.87. The molecule has 0 aliphatic heterocycles. The molecular weight excluding hydrogens is 216 g/mol. The van der Waals surface area contributed by atoms with Gasteiger partial charge in [0.1, 0.15) is 12.2 Å². The van der Waals surface area contributed by atoms with Crippen molar-refractivity contribution in [1.29, 1.82) is 0 Å². The molecule has 1 atom stereocenters. The number of rotatable bonds is 2. The monoisotopic (exact) mass is 232 g/mol. The molecule has 1 N–H and O–H groups in total. The fourth-order valence-electron chi connectivity index (χ4n) is 2.44. The molecule has 0 saturated heterocycles. The number of aromatic nitrogens is 4. The van der Waals surface area contributed by atoms with Gasteiger partial charge in [0, 0.05) is 25.0 Å². The van der Waals surface area contributed by atoms with Crippen LogP contribution in [0.3, 0.4) is 0 Å². The van der Waals surface area contributed by atoms with Crippen molar-refractivity contribution < 1.29 is 5.11 Å². The highest BCUT2D eigenvalue weighted by atomic mass is 16.3. The quantitative estimate of drug-likeness (QED) is 0.841. The molecule has 0 saturated carbocycles. The maximum absolute atomic E-state index is 9.91. The van der Waals surface area contributed by atoms with Gasteiger partial charge in [-0.05, 0) is 24.8 Å². The summed E-state index contributed by atoms with van der Waals surface area (Å²) in [5.74, 6) is 0.923. The number of fused-ring (bicyclic) bond motifs is 1. The van der Waals surface area contributed by atoms with Crippen LogP contribution in [0.5, 0.6) is 0 Å². The van der Waals surface area contributed by atoms with Crippen LogP contribution in [0.2, 0.25) is 0 Å². The van der Waals surface area contributed by atoms with E-state index in [0.29, 0.717) is 6.54 Å². The summed E-state index contributed by atoms with van der Waals surface area (Å²) in [4.78, 5) is 4.20. The van der Waals surface area contributed by atoms with Gasteiger partial charge >= 0.3 is 0 Å². The van der Waals surface area contributed by atoms with Crippen molar-refractivity contribution in [3.8, 4) is 0 Å². The predicted molar refractivity (Wildman–Crippen MR) is 62.4 cm³/mol. The summed E-state index contributed by atoms with van der Waals surface area (Å²) in [7, 11) is 1.89. The number of hydrogen-bond donors (Lipinski definition) is 1. The second-order valence-electron chi connectivity index (χ2n) is 4.62. The van der Waals surface area contributed by atoms with E-state index in [1.54, 1.807) is 11.0 Å². The van der Waals surface area contributed by atoms with Crippen molar-refractivity contribution in [2.24, 2.45) is 7.05 Å². The molecule has 0 fully saturated rings. The maximum Gasteiger partial charge on any atom is 0.146 e. The van der Waals surface area contributed by atoms with Gasteiger partial charge in [0.05, 0.1) is 12.6 Å². The van der Waals surface area contributed by atoms with Crippen molar-refractivity contribution in [3.63, 3.8) is 0 Å². The Morgan fingerprint density at radius 2 is 2.35 bits per heavy atom. The van der Waals surface area contributed by atoms with E-state index in [-0.39, 0.29) is 6.10 Å². The minimum atomic E-state index is -0.292. The van der Waals surface area contributed by atoms with Crippen molar-refractivity contribution in [1.82, 2.24) is 19.3 Å². The van der Waals surface area contributed by atoms with Gasteiger partial charge in [0.15, 0.2) is 0 Å². The Kier molecular flexibility index (Phi) is 2.48. The highest BCUT2D eigenvalue weighted by Gasteiger charge is 2.20. The molecule has 2 aromatic rings. The Morgan fingerprint density at radius 1 is 1.47 bits per heavy atom. The van der Waals surface area contributed by atoms with Crippen molar-refractivity contribution in [3.05, 3.63) is 35.7 Å². The molecule has 1 aliphatic rings. The van der Waals surface area contributed by atoms with E-state index < -0.39 is 0 Å². The molecule has 90 valence electrons. The third-order valence-corrected chi connectivity index (χ3v) is 3.41. The first-order valence-corrected chi connectivity index (χ1v) is 5.93. The summed E-state index contributed by atoms with van der Waals surface area (Å²) in [5, 5.41) is 14.0. The van der Waals surface area contributed by atoms with Crippen LogP contribution in [0.4, 0.5) is 0 Å². The van der Waals surface area contributed by atoms with E-state index in [2.05, 4.69) is 20.8 Å². The van der Waals surface area contributed by atoms with Crippen LogP contribution in [-0.4, -0.2) is 24.4 Å². The zero-order valence-electron chi connectivity index (χ0n) is 9.87.